The van der Waals surface area contributed by atoms with Gasteiger partial charge in [-0.25, -0.2) is 14.3 Å². The molecule has 0 aliphatic carbocycles. The van der Waals surface area contributed by atoms with Crippen molar-refractivity contribution in [2.24, 2.45) is 20.0 Å². The van der Waals surface area contributed by atoms with E-state index in [-0.39, 0.29) is 39.2 Å². The Bertz CT molecular complexity index is 1530. The van der Waals surface area contributed by atoms with E-state index in [2.05, 4.69) is 48.8 Å². The van der Waals surface area contributed by atoms with Crippen LogP contribution in [-0.4, -0.2) is 74.3 Å². The SMILES string of the molecule is Cn1ncc(NC2CCCN(c3cccc(C4CN5CCC4C(Nc4cnn(C)c(=O)c4Cl)C5)n3)C2)c(Cl)c1=O. The normalized spacial score (nSPS) is 26.1. The molecule has 5 atom stereocenters. The van der Waals surface area contributed by atoms with Gasteiger partial charge in [-0.05, 0) is 43.9 Å². The molecular formula is C27H33Cl2N9O2. The smallest absolute Gasteiger partial charge is 0.287 e. The molecule has 7 heterocycles. The Hall–Kier alpha value is -3.15. The molecule has 0 saturated carbocycles. The highest BCUT2D eigenvalue weighted by molar-refractivity contribution is 6.33. The van der Waals surface area contributed by atoms with Gasteiger partial charge in [-0.1, -0.05) is 29.3 Å². The Morgan fingerprint density at radius 1 is 0.875 bits per heavy atom. The van der Waals surface area contributed by atoms with Gasteiger partial charge >= 0.3 is 0 Å². The molecule has 4 fully saturated rings. The van der Waals surface area contributed by atoms with Crippen molar-refractivity contribution in [3.05, 3.63) is 67.0 Å². The van der Waals surface area contributed by atoms with E-state index in [1.165, 1.54) is 9.36 Å². The van der Waals surface area contributed by atoms with Gasteiger partial charge in [-0.15, -0.1) is 0 Å². The number of piperidine rings is 4. The summed E-state index contributed by atoms with van der Waals surface area (Å²) in [6.45, 7) is 4.57. The number of halogens is 2. The van der Waals surface area contributed by atoms with Crippen LogP contribution >= 0.6 is 23.2 Å². The van der Waals surface area contributed by atoms with E-state index >= 15 is 0 Å². The summed E-state index contributed by atoms with van der Waals surface area (Å²) in [6.07, 6.45) is 6.25. The predicted molar refractivity (Wildman–Crippen MR) is 157 cm³/mol. The van der Waals surface area contributed by atoms with Gasteiger partial charge in [0, 0.05) is 64.0 Å². The van der Waals surface area contributed by atoms with Crippen molar-refractivity contribution in [1.29, 1.82) is 0 Å². The van der Waals surface area contributed by atoms with Gasteiger partial charge in [0.25, 0.3) is 11.1 Å². The van der Waals surface area contributed by atoms with Crippen LogP contribution in [0.3, 0.4) is 0 Å². The van der Waals surface area contributed by atoms with Crippen LogP contribution in [0.15, 0.2) is 40.2 Å². The summed E-state index contributed by atoms with van der Waals surface area (Å²) in [7, 11) is 3.18. The van der Waals surface area contributed by atoms with E-state index in [4.69, 9.17) is 28.2 Å². The van der Waals surface area contributed by atoms with Gasteiger partial charge in [-0.3, -0.25) is 9.59 Å². The summed E-state index contributed by atoms with van der Waals surface area (Å²) in [6, 6.07) is 6.56. The first-order valence-corrected chi connectivity index (χ1v) is 14.4. The highest BCUT2D eigenvalue weighted by atomic mass is 35.5. The molecule has 5 unspecified atom stereocenters. The molecule has 7 rings (SSSR count). The molecule has 13 heteroatoms. The largest absolute Gasteiger partial charge is 0.378 e. The maximum Gasteiger partial charge on any atom is 0.287 e. The third-order valence-electron chi connectivity index (χ3n) is 8.46. The van der Waals surface area contributed by atoms with Gasteiger partial charge in [0.05, 0.1) is 23.8 Å². The summed E-state index contributed by atoms with van der Waals surface area (Å²) in [5.74, 6) is 1.58. The number of aromatic nitrogens is 5. The first-order chi connectivity index (χ1) is 19.3. The summed E-state index contributed by atoms with van der Waals surface area (Å²) in [4.78, 5) is 34.4. The van der Waals surface area contributed by atoms with E-state index in [1.807, 2.05) is 0 Å². The lowest BCUT2D eigenvalue weighted by molar-refractivity contribution is 0.0726. The molecule has 212 valence electrons. The Morgan fingerprint density at radius 3 is 2.27 bits per heavy atom. The van der Waals surface area contributed by atoms with Crippen LogP contribution in [-0.2, 0) is 14.1 Å². The summed E-state index contributed by atoms with van der Waals surface area (Å²) >= 11 is 12.7. The Kier molecular flexibility index (Phi) is 7.45. The van der Waals surface area contributed by atoms with E-state index in [0.717, 1.165) is 63.5 Å². The fraction of sp³-hybridized carbons (Fsp3) is 0.519. The van der Waals surface area contributed by atoms with Crippen LogP contribution in [0.5, 0.6) is 0 Å². The fourth-order valence-corrected chi connectivity index (χ4v) is 6.78. The zero-order valence-electron chi connectivity index (χ0n) is 22.6. The first kappa shape index (κ1) is 27.0. The molecule has 2 bridgehead atoms. The zero-order valence-corrected chi connectivity index (χ0v) is 24.1. The van der Waals surface area contributed by atoms with E-state index in [9.17, 15) is 9.59 Å². The molecule has 0 amide bonds. The van der Waals surface area contributed by atoms with Gasteiger partial charge in [0.1, 0.15) is 15.9 Å². The molecule has 4 aliphatic rings. The van der Waals surface area contributed by atoms with Gasteiger partial charge in [-0.2, -0.15) is 10.2 Å². The molecule has 3 aromatic rings. The molecule has 0 radical (unpaired) electrons. The quantitative estimate of drug-likeness (QED) is 0.450. The number of anilines is 3. The number of nitrogens with zero attached hydrogens (tertiary/aromatic N) is 7. The van der Waals surface area contributed by atoms with E-state index in [0.29, 0.717) is 17.3 Å². The van der Waals surface area contributed by atoms with E-state index < -0.39 is 0 Å². The van der Waals surface area contributed by atoms with Crippen molar-refractivity contribution in [2.75, 3.05) is 48.3 Å². The number of aryl methyl sites for hydroxylation is 2. The van der Waals surface area contributed by atoms with Gasteiger partial charge < -0.3 is 20.4 Å². The Morgan fingerprint density at radius 2 is 1.57 bits per heavy atom. The minimum Gasteiger partial charge on any atom is -0.378 e. The van der Waals surface area contributed by atoms with Crippen LogP contribution in [0.2, 0.25) is 10.0 Å². The molecule has 11 nitrogen and oxygen atoms in total. The number of rotatable bonds is 6. The third kappa shape index (κ3) is 5.17. The maximum absolute atomic E-state index is 12.3. The average Bonchev–Trinajstić information content (AvgIpc) is 2.98. The Balaban J connectivity index is 1.18. The van der Waals surface area contributed by atoms with Crippen molar-refractivity contribution >= 4 is 40.4 Å². The topological polar surface area (TPSA) is 113 Å². The molecule has 3 aromatic heterocycles. The maximum atomic E-state index is 12.3. The number of hydrogen-bond acceptors (Lipinski definition) is 9. The van der Waals surface area contributed by atoms with Crippen molar-refractivity contribution in [3.63, 3.8) is 0 Å². The van der Waals surface area contributed by atoms with Crippen LogP contribution in [0.1, 0.15) is 30.9 Å². The van der Waals surface area contributed by atoms with Crippen LogP contribution in [0.25, 0.3) is 0 Å². The minimum absolute atomic E-state index is 0.118. The lowest BCUT2D eigenvalue weighted by Gasteiger charge is -2.50. The highest BCUT2D eigenvalue weighted by Crippen LogP contribution is 2.40. The predicted octanol–water partition coefficient (Wildman–Crippen LogP) is 2.56. The zero-order chi connectivity index (χ0) is 28.0. The number of hydrogen-bond donors (Lipinski definition) is 2. The van der Waals surface area contributed by atoms with Crippen molar-refractivity contribution in [2.45, 2.75) is 37.3 Å². The first-order valence-electron chi connectivity index (χ1n) is 13.7. The number of nitrogens with one attached hydrogen (secondary N) is 2. The molecule has 2 N–H and O–H groups in total. The molecule has 0 aromatic carbocycles. The third-order valence-corrected chi connectivity index (χ3v) is 9.19. The highest BCUT2D eigenvalue weighted by Gasteiger charge is 2.42. The molecule has 4 aliphatic heterocycles. The molecule has 40 heavy (non-hydrogen) atoms. The van der Waals surface area contributed by atoms with Crippen LogP contribution in [0.4, 0.5) is 17.2 Å². The number of pyridine rings is 1. The molecule has 0 spiro atoms. The molecular weight excluding hydrogens is 553 g/mol. The average molecular weight is 587 g/mol. The fourth-order valence-electron chi connectivity index (χ4n) is 6.33. The standard InChI is InChI=1S/C27H33Cl2N9O2/c1-35-26(39)24(28)20(11-30-35)32-16-5-4-9-38(13-16)23-7-3-6-19(34-23)18-14-37-10-8-17(18)22(15-37)33-21-12-31-36(2)27(40)25(21)29/h3,6-7,11-12,16-18,22,32-33H,4-5,8-10,13-15H2,1-2H3. The molecule has 4 saturated heterocycles. The van der Waals surface area contributed by atoms with Gasteiger partial charge in [0.2, 0.25) is 0 Å². The van der Waals surface area contributed by atoms with Crippen molar-refractivity contribution in [1.82, 2.24) is 29.4 Å². The summed E-state index contributed by atoms with van der Waals surface area (Å²) < 4.78 is 2.48. The second kappa shape index (κ2) is 11.0. The summed E-state index contributed by atoms with van der Waals surface area (Å²) in [5.41, 5.74) is 1.62. The van der Waals surface area contributed by atoms with Crippen LogP contribution < -0.4 is 26.7 Å². The summed E-state index contributed by atoms with van der Waals surface area (Å²) in [5, 5.41) is 15.5. The minimum atomic E-state index is -0.313. The van der Waals surface area contributed by atoms with Gasteiger partial charge in [0.15, 0.2) is 0 Å². The van der Waals surface area contributed by atoms with Crippen LogP contribution in [0, 0.1) is 5.92 Å². The lowest BCUT2D eigenvalue weighted by Crippen LogP contribution is -2.57. The van der Waals surface area contributed by atoms with Crippen molar-refractivity contribution in [3.8, 4) is 0 Å². The van der Waals surface area contributed by atoms with E-state index in [1.54, 1.807) is 26.5 Å². The lowest BCUT2D eigenvalue weighted by atomic mass is 9.74. The number of fused-ring (bicyclic) bond motifs is 3. The Labute approximate surface area is 242 Å². The monoisotopic (exact) mass is 585 g/mol. The second-order valence-electron chi connectivity index (χ2n) is 11.0. The second-order valence-corrected chi connectivity index (χ2v) is 11.8. The van der Waals surface area contributed by atoms with Crippen molar-refractivity contribution < 1.29 is 0 Å².